The van der Waals surface area contributed by atoms with Crippen LogP contribution >= 0.6 is 34.8 Å². The van der Waals surface area contributed by atoms with Crippen LogP contribution in [0.3, 0.4) is 0 Å². The van der Waals surface area contributed by atoms with Crippen molar-refractivity contribution in [2.45, 2.75) is 70.9 Å². The van der Waals surface area contributed by atoms with Crippen molar-refractivity contribution in [3.8, 4) is 11.5 Å². The van der Waals surface area contributed by atoms with Crippen molar-refractivity contribution in [3.05, 3.63) is 82.8 Å². The van der Waals surface area contributed by atoms with Crippen LogP contribution in [0.25, 0.3) is 43.6 Å². The Morgan fingerprint density at radius 3 is 1.49 bits per heavy atom. The Kier molecular flexibility index (Phi) is 31.6. The minimum absolute atomic E-state index is 0.000372. The topological polar surface area (TPSA) is 392 Å². The number of aliphatic carboxylic acids is 6. The molecule has 4 atom stereocenters. The van der Waals surface area contributed by atoms with Crippen molar-refractivity contribution < 1.29 is 74.0 Å². The van der Waals surface area contributed by atoms with Gasteiger partial charge in [-0.25, -0.2) is 9.97 Å². The minimum atomic E-state index is -1.48. The monoisotopic (exact) mass is 1240 g/mol. The number of likely N-dealkylation sites (N-methyl/N-ethyl adjacent to an activating group) is 1. The number of carbonyl (C=O) groups excluding carboxylic acids is 6. The maximum atomic E-state index is 12.5. The van der Waals surface area contributed by atoms with Gasteiger partial charge in [0, 0.05) is 114 Å². The fraction of sp³-hybridized carbons (Fsp3) is 0.439. The summed E-state index contributed by atoms with van der Waals surface area (Å²) in [6, 6.07) is 22.8. The number of alkyl halides is 1. The molecule has 0 aliphatic heterocycles. The van der Waals surface area contributed by atoms with Gasteiger partial charge in [0.15, 0.2) is 0 Å². The zero-order chi connectivity index (χ0) is 63.3. The van der Waals surface area contributed by atoms with E-state index >= 15 is 0 Å². The molecule has 6 rings (SSSR count). The molecule has 2 aromatic heterocycles. The molecule has 0 spiro atoms. The van der Waals surface area contributed by atoms with Crippen LogP contribution in [-0.2, 0) is 28.8 Å². The number of methoxy groups -OCH3 is 2. The number of rotatable bonds is 32. The molecule has 6 aromatic rings. The number of fused-ring (bicyclic) bond motifs is 4. The molecule has 0 bridgehead atoms. The highest BCUT2D eigenvalue weighted by Gasteiger charge is 2.20. The van der Waals surface area contributed by atoms with E-state index < -0.39 is 74.4 Å². The molecule has 0 fully saturated rings. The number of hydrogen-bond acceptors (Lipinski definition) is 25. The van der Waals surface area contributed by atoms with Gasteiger partial charge in [-0.2, -0.15) is 0 Å². The number of aromatic nitrogens is 2. The Balaban J connectivity index is 0.000000345. The Hall–Kier alpha value is -7.17. The molecule has 466 valence electrons. The molecule has 0 radical (unpaired) electrons. The molecule has 0 aliphatic rings. The Bertz CT molecular complexity index is 3150. The number of benzene rings is 4. The van der Waals surface area contributed by atoms with E-state index in [0.717, 1.165) is 96.7 Å². The molecule has 25 nitrogen and oxygen atoms in total. The highest BCUT2D eigenvalue weighted by Crippen LogP contribution is 2.36. The van der Waals surface area contributed by atoms with Crippen molar-refractivity contribution >= 4 is 126 Å². The number of ether oxygens (including phenoxy) is 2. The van der Waals surface area contributed by atoms with Gasteiger partial charge in [0.2, 0.25) is 0 Å². The number of pyridine rings is 2. The smallest absolute Gasteiger partial charge is 0.119 e. The minimum Gasteiger partial charge on any atom is -0.829 e. The summed E-state index contributed by atoms with van der Waals surface area (Å²) < 4.78 is 10.8. The first-order valence-corrected chi connectivity index (χ1v) is 27.9. The maximum absolute atomic E-state index is 12.5. The van der Waals surface area contributed by atoms with Gasteiger partial charge < -0.3 is 101 Å². The van der Waals surface area contributed by atoms with Crippen LogP contribution in [0.15, 0.2) is 72.8 Å². The van der Waals surface area contributed by atoms with E-state index in [4.69, 9.17) is 69.9 Å². The van der Waals surface area contributed by atoms with Gasteiger partial charge in [-0.1, -0.05) is 23.2 Å². The number of nitrogens with zero attached hydrogens (tertiary/aromatic N) is 5. The quantitative estimate of drug-likeness (QED) is 0.0128. The summed E-state index contributed by atoms with van der Waals surface area (Å²) in [5, 5.41) is 92.2. The van der Waals surface area contributed by atoms with E-state index in [1.807, 2.05) is 79.7 Å². The van der Waals surface area contributed by atoms with E-state index in [1.54, 1.807) is 14.2 Å². The first-order chi connectivity index (χ1) is 40.3. The summed E-state index contributed by atoms with van der Waals surface area (Å²) in [6.45, 7) is 3.77. The Morgan fingerprint density at radius 1 is 0.624 bits per heavy atom. The first kappa shape index (κ1) is 72.1. The first-order valence-electron chi connectivity index (χ1n) is 26.7. The third-order valence-electron chi connectivity index (χ3n) is 12.5. The van der Waals surface area contributed by atoms with Gasteiger partial charge in [0.1, 0.15) is 11.5 Å². The lowest BCUT2D eigenvalue weighted by molar-refractivity contribution is -0.468. The second kappa shape index (κ2) is 37.3. The van der Waals surface area contributed by atoms with Crippen LogP contribution < -0.4 is 72.2 Å². The van der Waals surface area contributed by atoms with Crippen LogP contribution in [0.2, 0.25) is 10.0 Å². The summed E-state index contributed by atoms with van der Waals surface area (Å²) in [4.78, 5) is 74.8. The van der Waals surface area contributed by atoms with Crippen molar-refractivity contribution in [1.82, 2.24) is 35.3 Å². The van der Waals surface area contributed by atoms with Crippen molar-refractivity contribution in [2.24, 2.45) is 5.73 Å². The number of anilines is 2. The molecule has 4 aromatic carbocycles. The van der Waals surface area contributed by atoms with E-state index in [2.05, 4.69) is 28.2 Å². The second-order valence-electron chi connectivity index (χ2n) is 19.4. The van der Waals surface area contributed by atoms with E-state index in [-0.39, 0.29) is 38.1 Å². The lowest BCUT2D eigenvalue weighted by Crippen LogP contribution is -2.58. The average Bonchev–Trinajstić information content (AvgIpc) is 2.24. The van der Waals surface area contributed by atoms with Gasteiger partial charge in [-0.3, -0.25) is 14.7 Å². The zero-order valence-electron chi connectivity index (χ0n) is 47.9. The molecule has 28 heteroatoms. The average molecular weight is 1240 g/mol. The maximum Gasteiger partial charge on any atom is 0.119 e. The van der Waals surface area contributed by atoms with Crippen LogP contribution in [0.5, 0.6) is 11.5 Å². The standard InChI is InChI=1S/C26H33ClN5O6.C19H22ClN3O.C10H17ClN2O6.C2H4O2/c1-16(4-3-9-29-26(37)32(15-24(35)36)11-10-28-14-23(33)34)30-25-19-7-5-17(27)12-22(19)31-21-8-6-18(38-2)13-20(21)25;1-12(4-3-9-21)22-19-15-7-5-13(20)10-18(15)23-17-8-6-14(24-2)11-16(17)19;1-12(4-8(14)15)7(2-11)3-13(5-9(16)17)6-10(18)19;1-2(3)4/h5-8,12-13,16,26,28-29H,3-4,9-11,14-15H2,1-2H3,(H,30,31)(H,33,34)(H,35,36);5-8,10-12H,3-4,9,21H2,1-2H3,(H,22,23);7H,2-6H2,1H3,(H,14,15)(H,16,17)(H,18,19);1H3,(H,3,4)/q-1;;;/p-6. The number of carboxylic acid groups (broad SMARTS) is 6. The fourth-order valence-electron chi connectivity index (χ4n) is 8.53. The van der Waals surface area contributed by atoms with Crippen LogP contribution in [0, 0.1) is 0 Å². The molecule has 2 heterocycles. The van der Waals surface area contributed by atoms with Gasteiger partial charge in [0.25, 0.3) is 0 Å². The lowest BCUT2D eigenvalue weighted by Gasteiger charge is -2.37. The molecule has 6 N–H and O–H groups in total. The largest absolute Gasteiger partial charge is 0.829 e. The molecular formula is C57H70Cl3N10O15-7. The zero-order valence-corrected chi connectivity index (χ0v) is 50.2. The molecule has 85 heavy (non-hydrogen) atoms. The summed E-state index contributed by atoms with van der Waals surface area (Å²) in [6.07, 6.45) is 1.89. The normalized spacial score (nSPS) is 12.5. The SMILES string of the molecule is CC(=O)[O-].CN(CC(=O)[O-])C(CCl)CN(CC(=O)[O-])CC(=O)[O-].COc1ccc2nc3cc(Cl)ccc3c(NC(C)CCCN)c2c1.COc1ccc2nc3cc(Cl)ccc3c(NC(C)CCCNC([O-])N(CCNCC(=O)[O-])CC(=O)[O-])c2c1. The van der Waals surface area contributed by atoms with Gasteiger partial charge in [0.05, 0.1) is 77.5 Å². The summed E-state index contributed by atoms with van der Waals surface area (Å²) in [7, 11) is 4.74. The molecule has 0 amide bonds. The summed E-state index contributed by atoms with van der Waals surface area (Å²) in [5.74, 6) is -6.44. The molecule has 0 saturated heterocycles. The molecule has 4 unspecified atom stereocenters. The number of hydrogen-bond donors (Lipinski definition) is 5. The number of halogens is 3. The Morgan fingerprint density at radius 2 is 1.08 bits per heavy atom. The molecule has 0 saturated carbocycles. The highest BCUT2D eigenvalue weighted by atomic mass is 35.5. The van der Waals surface area contributed by atoms with E-state index in [1.165, 1.54) is 11.9 Å². The third kappa shape index (κ3) is 25.9. The van der Waals surface area contributed by atoms with Gasteiger partial charge in [-0.15, -0.1) is 11.6 Å². The lowest BCUT2D eigenvalue weighted by atomic mass is 10.1. The number of nitrogens with two attached hydrogens (primary N) is 1. The van der Waals surface area contributed by atoms with Gasteiger partial charge in [-0.05, 0) is 146 Å². The van der Waals surface area contributed by atoms with E-state index in [0.29, 0.717) is 41.3 Å². The third-order valence-corrected chi connectivity index (χ3v) is 13.3. The van der Waals surface area contributed by atoms with Gasteiger partial charge >= 0.3 is 0 Å². The predicted octanol–water partition coefficient (Wildman–Crippen LogP) is -2.32. The second-order valence-corrected chi connectivity index (χ2v) is 20.6. The number of nitrogens with one attached hydrogen (secondary N) is 4. The van der Waals surface area contributed by atoms with E-state index in [9.17, 15) is 54.6 Å². The predicted molar refractivity (Wildman–Crippen MR) is 311 cm³/mol. The summed E-state index contributed by atoms with van der Waals surface area (Å²) >= 11 is 18.0. The number of carbonyl (C=O) groups is 6. The van der Waals surface area contributed by atoms with Crippen LogP contribution in [0.4, 0.5) is 11.4 Å². The van der Waals surface area contributed by atoms with Crippen molar-refractivity contribution in [2.75, 3.05) is 103 Å². The van der Waals surface area contributed by atoms with Crippen molar-refractivity contribution in [1.29, 1.82) is 0 Å². The molecule has 0 aliphatic carbocycles. The van der Waals surface area contributed by atoms with Crippen LogP contribution in [0.1, 0.15) is 46.5 Å². The summed E-state index contributed by atoms with van der Waals surface area (Å²) in [5.41, 5.74) is 11.0. The fourth-order valence-corrected chi connectivity index (χ4v) is 9.19. The van der Waals surface area contributed by atoms with Crippen LogP contribution in [-0.4, -0.2) is 178 Å². The molecular weight excluding hydrogens is 1170 g/mol. The number of carboxylic acids is 6. The van der Waals surface area contributed by atoms with Crippen molar-refractivity contribution in [3.63, 3.8) is 0 Å². The Labute approximate surface area is 506 Å². The highest BCUT2D eigenvalue weighted by molar-refractivity contribution is 6.32.